The van der Waals surface area contributed by atoms with Gasteiger partial charge in [-0.25, -0.2) is 4.57 Å². The van der Waals surface area contributed by atoms with Crippen LogP contribution < -0.4 is 0 Å². The number of ether oxygens (including phenoxy) is 2. The normalized spacial score (nSPS) is 23.5. The van der Waals surface area contributed by atoms with Gasteiger partial charge in [0.25, 0.3) is 0 Å². The third kappa shape index (κ3) is 2.20. The molecule has 0 aliphatic carbocycles. The van der Waals surface area contributed by atoms with Crippen LogP contribution in [0.1, 0.15) is 13.8 Å². The van der Waals surface area contributed by atoms with Gasteiger partial charge in [-0.15, -0.1) is 0 Å². The monoisotopic (exact) mass is 227 g/mol. The fourth-order valence-corrected chi connectivity index (χ4v) is 1.69. The van der Waals surface area contributed by atoms with Crippen molar-refractivity contribution in [2.75, 3.05) is 6.61 Å². The predicted molar refractivity (Wildman–Crippen MR) is 53.8 cm³/mol. The first-order valence-electron chi connectivity index (χ1n) is 4.95. The second-order valence-electron chi connectivity index (χ2n) is 4.09. The van der Waals surface area contributed by atoms with Crippen molar-refractivity contribution < 1.29 is 14.4 Å². The molecule has 2 rings (SSSR count). The minimum Gasteiger partial charge on any atom is -0.390 e. The molecule has 0 saturated carbocycles. The lowest BCUT2D eigenvalue weighted by Gasteiger charge is -2.16. The Bertz CT molecular complexity index is 401. The molecule has 1 fully saturated rings. The number of imidazole rings is 1. The van der Waals surface area contributed by atoms with Crippen LogP contribution in [0.15, 0.2) is 12.4 Å². The Morgan fingerprint density at radius 3 is 3.06 bits per heavy atom. The highest BCUT2D eigenvalue weighted by Gasteiger charge is 2.34. The highest BCUT2D eigenvalue weighted by atomic mass is 16.7. The Kier molecular flexibility index (Phi) is 2.64. The topological polar surface area (TPSA) is 79.4 Å². The van der Waals surface area contributed by atoms with Crippen molar-refractivity contribution in [3.8, 4) is 0 Å². The van der Waals surface area contributed by atoms with E-state index >= 15 is 0 Å². The maximum absolute atomic E-state index is 10.6. The second kappa shape index (κ2) is 3.84. The lowest BCUT2D eigenvalue weighted by atomic mass is 10.3. The van der Waals surface area contributed by atoms with Crippen LogP contribution in [0, 0.1) is 10.1 Å². The summed E-state index contributed by atoms with van der Waals surface area (Å²) in [5, 5.41) is 10.6. The third-order valence-electron chi connectivity index (χ3n) is 2.32. The summed E-state index contributed by atoms with van der Waals surface area (Å²) in [4.78, 5) is 13.8. The lowest BCUT2D eigenvalue weighted by Crippen LogP contribution is -2.24. The number of rotatable bonds is 3. The molecule has 0 N–H and O–H groups in total. The summed E-state index contributed by atoms with van der Waals surface area (Å²) in [6.07, 6.45) is 2.79. The summed E-state index contributed by atoms with van der Waals surface area (Å²) in [7, 11) is 0. The number of hydrogen-bond acceptors (Lipinski definition) is 5. The highest BCUT2D eigenvalue weighted by molar-refractivity contribution is 5.06. The maximum atomic E-state index is 10.6. The minimum atomic E-state index is -0.611. The largest absolute Gasteiger partial charge is 0.434 e. The summed E-state index contributed by atoms with van der Waals surface area (Å²) in [6, 6.07) is 0. The van der Waals surface area contributed by atoms with Crippen LogP contribution in [0.2, 0.25) is 0 Å². The molecular formula is C9H13N3O4. The van der Waals surface area contributed by atoms with Crippen LogP contribution in [0.4, 0.5) is 5.95 Å². The Labute approximate surface area is 92.1 Å². The molecule has 1 aliphatic rings. The molecule has 1 atom stereocenters. The van der Waals surface area contributed by atoms with Crippen LogP contribution in [-0.2, 0) is 16.0 Å². The van der Waals surface area contributed by atoms with Gasteiger partial charge < -0.3 is 19.6 Å². The van der Waals surface area contributed by atoms with Gasteiger partial charge in [-0.3, -0.25) is 0 Å². The first-order valence-corrected chi connectivity index (χ1v) is 4.95. The molecule has 1 aromatic rings. The molecule has 0 radical (unpaired) electrons. The molecule has 0 amide bonds. The fourth-order valence-electron chi connectivity index (χ4n) is 1.69. The second-order valence-corrected chi connectivity index (χ2v) is 4.09. The zero-order valence-electron chi connectivity index (χ0n) is 9.12. The fraction of sp³-hybridized carbons (Fsp3) is 0.667. The zero-order chi connectivity index (χ0) is 11.8. The van der Waals surface area contributed by atoms with Crippen molar-refractivity contribution in [1.29, 1.82) is 0 Å². The summed E-state index contributed by atoms with van der Waals surface area (Å²) < 4.78 is 12.4. The molecule has 1 aromatic heterocycles. The van der Waals surface area contributed by atoms with Crippen molar-refractivity contribution >= 4 is 5.95 Å². The maximum Gasteiger partial charge on any atom is 0.434 e. The van der Waals surface area contributed by atoms with Gasteiger partial charge >= 0.3 is 5.95 Å². The van der Waals surface area contributed by atoms with E-state index in [2.05, 4.69) is 4.98 Å². The van der Waals surface area contributed by atoms with Crippen LogP contribution >= 0.6 is 0 Å². The van der Waals surface area contributed by atoms with E-state index in [1.165, 1.54) is 10.8 Å². The molecule has 2 heterocycles. The Hall–Kier alpha value is -1.47. The standard InChI is InChI=1S/C9H13N3O4/c1-9(2)15-6-7(16-9)5-11-4-3-10-8(11)12(13)14/h3-4,7H,5-6H2,1-2H3/t7-/m0/s1. The molecule has 16 heavy (non-hydrogen) atoms. The average molecular weight is 227 g/mol. The number of nitrogens with zero attached hydrogens (tertiary/aromatic N) is 3. The van der Waals surface area contributed by atoms with Crippen molar-refractivity contribution in [2.45, 2.75) is 32.3 Å². The van der Waals surface area contributed by atoms with Crippen LogP contribution in [0.3, 0.4) is 0 Å². The SMILES string of the molecule is CC1(C)OC[C@H](Cn2ccnc2[N+](=O)[O-])O1. The van der Waals surface area contributed by atoms with Gasteiger partial charge in [0.1, 0.15) is 25.0 Å². The molecule has 0 bridgehead atoms. The molecule has 0 aromatic carbocycles. The molecule has 0 spiro atoms. The van der Waals surface area contributed by atoms with Gasteiger partial charge in [-0.05, 0) is 18.8 Å². The summed E-state index contributed by atoms with van der Waals surface area (Å²) in [6.45, 7) is 4.44. The van der Waals surface area contributed by atoms with E-state index in [1.54, 1.807) is 6.20 Å². The van der Waals surface area contributed by atoms with Gasteiger partial charge in [0.15, 0.2) is 5.79 Å². The van der Waals surface area contributed by atoms with E-state index < -0.39 is 10.7 Å². The summed E-state index contributed by atoms with van der Waals surface area (Å²) in [5.41, 5.74) is 0. The quantitative estimate of drug-likeness (QED) is 0.567. The molecule has 1 aliphatic heterocycles. The van der Waals surface area contributed by atoms with Gasteiger partial charge in [0.05, 0.1) is 6.61 Å². The lowest BCUT2D eigenvalue weighted by molar-refractivity contribution is -0.397. The van der Waals surface area contributed by atoms with Crippen LogP contribution in [0.25, 0.3) is 0 Å². The van der Waals surface area contributed by atoms with Crippen molar-refractivity contribution in [3.05, 3.63) is 22.5 Å². The Morgan fingerprint density at radius 1 is 1.75 bits per heavy atom. The molecule has 0 unspecified atom stereocenters. The van der Waals surface area contributed by atoms with Gasteiger partial charge in [0.2, 0.25) is 0 Å². The molecule has 7 heteroatoms. The smallest absolute Gasteiger partial charge is 0.390 e. The Morgan fingerprint density at radius 2 is 2.50 bits per heavy atom. The molecule has 1 saturated heterocycles. The molecule has 88 valence electrons. The Balaban J connectivity index is 2.05. The van der Waals surface area contributed by atoms with Crippen molar-refractivity contribution in [1.82, 2.24) is 9.55 Å². The van der Waals surface area contributed by atoms with E-state index in [0.717, 1.165) is 0 Å². The van der Waals surface area contributed by atoms with Crippen LogP contribution in [-0.4, -0.2) is 33.0 Å². The van der Waals surface area contributed by atoms with Gasteiger partial charge in [-0.1, -0.05) is 4.98 Å². The van der Waals surface area contributed by atoms with E-state index in [-0.39, 0.29) is 12.1 Å². The highest BCUT2D eigenvalue weighted by Crippen LogP contribution is 2.24. The van der Waals surface area contributed by atoms with Gasteiger partial charge in [-0.2, -0.15) is 0 Å². The number of nitro groups is 1. The van der Waals surface area contributed by atoms with Gasteiger partial charge in [0, 0.05) is 0 Å². The predicted octanol–water partition coefficient (Wildman–Crippen LogP) is 0.943. The third-order valence-corrected chi connectivity index (χ3v) is 2.32. The first-order chi connectivity index (χ1) is 7.48. The summed E-state index contributed by atoms with van der Waals surface area (Å²) >= 11 is 0. The van der Waals surface area contributed by atoms with E-state index in [1.807, 2.05) is 13.8 Å². The average Bonchev–Trinajstić information content (AvgIpc) is 2.73. The van der Waals surface area contributed by atoms with Crippen molar-refractivity contribution in [2.24, 2.45) is 0 Å². The summed E-state index contributed by atoms with van der Waals surface area (Å²) in [5.74, 6) is -0.784. The zero-order valence-corrected chi connectivity index (χ0v) is 9.12. The first kappa shape index (κ1) is 11.0. The van der Waals surface area contributed by atoms with E-state index in [9.17, 15) is 10.1 Å². The molecular weight excluding hydrogens is 214 g/mol. The molecule has 7 nitrogen and oxygen atoms in total. The number of hydrogen-bond donors (Lipinski definition) is 0. The van der Waals surface area contributed by atoms with Crippen molar-refractivity contribution in [3.63, 3.8) is 0 Å². The van der Waals surface area contributed by atoms with E-state index in [4.69, 9.17) is 9.47 Å². The van der Waals surface area contributed by atoms with E-state index in [0.29, 0.717) is 13.2 Å². The van der Waals surface area contributed by atoms with Crippen LogP contribution in [0.5, 0.6) is 0 Å². The number of aromatic nitrogens is 2. The minimum absolute atomic E-state index is 0.173.